The third-order valence-corrected chi connectivity index (χ3v) is 8.84. The number of hydrogen-bond acceptors (Lipinski definition) is 7. The molecule has 1 heterocycles. The van der Waals surface area contributed by atoms with E-state index < -0.39 is 32.5 Å². The molecule has 0 saturated carbocycles. The number of halogens is 1. The molecule has 0 atom stereocenters. The number of aromatic nitrogens is 2. The van der Waals surface area contributed by atoms with E-state index in [1.165, 1.54) is 54.9 Å². The monoisotopic (exact) mass is 571 g/mol. The molecule has 0 saturated heterocycles. The smallest absolute Gasteiger partial charge is 0.264 e. The van der Waals surface area contributed by atoms with Gasteiger partial charge in [-0.15, -0.1) is 0 Å². The van der Waals surface area contributed by atoms with Crippen LogP contribution in [0, 0.1) is 6.92 Å². The van der Waals surface area contributed by atoms with E-state index in [0.717, 1.165) is 9.87 Å². The molecular weight excluding hydrogens is 550 g/mol. The Balaban J connectivity index is 1.54. The first-order chi connectivity index (χ1) is 18.1. The second kappa shape index (κ2) is 11.2. The molecule has 4 rings (SSSR count). The van der Waals surface area contributed by atoms with Crippen LogP contribution >= 0.6 is 11.6 Å². The first kappa shape index (κ1) is 27.0. The van der Waals surface area contributed by atoms with Gasteiger partial charge in [-0.1, -0.05) is 35.9 Å². The van der Waals surface area contributed by atoms with Crippen molar-refractivity contribution in [3.8, 4) is 0 Å². The number of carbonyl (C=O) groups is 1. The van der Waals surface area contributed by atoms with Crippen LogP contribution in [0.5, 0.6) is 0 Å². The van der Waals surface area contributed by atoms with Gasteiger partial charge in [0, 0.05) is 23.1 Å². The average molecular weight is 572 g/mol. The van der Waals surface area contributed by atoms with Crippen molar-refractivity contribution in [1.82, 2.24) is 9.97 Å². The molecule has 0 fully saturated rings. The van der Waals surface area contributed by atoms with Crippen molar-refractivity contribution in [1.29, 1.82) is 0 Å². The largest absolute Gasteiger partial charge is 0.325 e. The minimum Gasteiger partial charge on any atom is -0.325 e. The molecule has 0 aliphatic carbocycles. The molecule has 3 aromatic carbocycles. The molecule has 0 unspecified atom stereocenters. The molecule has 0 radical (unpaired) electrons. The molecule has 10 nitrogen and oxygen atoms in total. The van der Waals surface area contributed by atoms with Gasteiger partial charge in [0.2, 0.25) is 11.9 Å². The van der Waals surface area contributed by atoms with Crippen LogP contribution in [0.4, 0.5) is 17.3 Å². The van der Waals surface area contributed by atoms with E-state index in [1.54, 1.807) is 43.3 Å². The SMILES string of the molecule is Cc1ccc(N(CC(=O)Nc2ccc(S(=O)(=O)Nc3ncccn3)cc2)S(=O)(=O)c2ccccc2)cc1Cl. The Labute approximate surface area is 225 Å². The summed E-state index contributed by atoms with van der Waals surface area (Å²) in [6.07, 6.45) is 2.80. The highest BCUT2D eigenvalue weighted by Gasteiger charge is 2.27. The van der Waals surface area contributed by atoms with Gasteiger partial charge in [0.1, 0.15) is 6.54 Å². The van der Waals surface area contributed by atoms with Crippen molar-refractivity contribution in [2.24, 2.45) is 0 Å². The summed E-state index contributed by atoms with van der Waals surface area (Å²) in [4.78, 5) is 20.5. The molecule has 196 valence electrons. The molecule has 2 N–H and O–H groups in total. The Morgan fingerprint density at radius 3 is 2.16 bits per heavy atom. The Morgan fingerprint density at radius 2 is 1.53 bits per heavy atom. The molecule has 38 heavy (non-hydrogen) atoms. The number of amides is 1. The van der Waals surface area contributed by atoms with Crippen LogP contribution in [0.2, 0.25) is 5.02 Å². The van der Waals surface area contributed by atoms with Crippen molar-refractivity contribution < 1.29 is 21.6 Å². The van der Waals surface area contributed by atoms with Gasteiger partial charge in [-0.2, -0.15) is 0 Å². The summed E-state index contributed by atoms with van der Waals surface area (Å²) >= 11 is 6.24. The zero-order valence-electron chi connectivity index (χ0n) is 19.9. The van der Waals surface area contributed by atoms with Gasteiger partial charge in [0.25, 0.3) is 20.0 Å². The number of nitrogens with one attached hydrogen (secondary N) is 2. The lowest BCUT2D eigenvalue weighted by Crippen LogP contribution is -2.38. The number of carbonyl (C=O) groups excluding carboxylic acids is 1. The summed E-state index contributed by atoms with van der Waals surface area (Å²) in [5.74, 6) is -0.728. The lowest BCUT2D eigenvalue weighted by atomic mass is 10.2. The van der Waals surface area contributed by atoms with Gasteiger partial charge in [-0.05, 0) is 67.1 Å². The van der Waals surface area contributed by atoms with E-state index in [9.17, 15) is 21.6 Å². The lowest BCUT2D eigenvalue weighted by Gasteiger charge is -2.24. The highest BCUT2D eigenvalue weighted by molar-refractivity contribution is 7.93. The second-order valence-electron chi connectivity index (χ2n) is 8.01. The van der Waals surface area contributed by atoms with Crippen LogP contribution in [0.25, 0.3) is 0 Å². The summed E-state index contributed by atoms with van der Waals surface area (Å²) in [5.41, 5.74) is 1.24. The van der Waals surface area contributed by atoms with Gasteiger partial charge in [0.15, 0.2) is 0 Å². The number of hydrogen-bond donors (Lipinski definition) is 2. The molecule has 1 amide bonds. The summed E-state index contributed by atoms with van der Waals surface area (Å²) in [7, 11) is -8.07. The maximum Gasteiger partial charge on any atom is 0.264 e. The number of aryl methyl sites for hydroxylation is 1. The number of sulfonamides is 2. The normalized spacial score (nSPS) is 11.5. The Hall–Kier alpha value is -4.00. The molecule has 13 heteroatoms. The van der Waals surface area contributed by atoms with Crippen molar-refractivity contribution in [3.63, 3.8) is 0 Å². The maximum atomic E-state index is 13.4. The van der Waals surface area contributed by atoms with E-state index in [2.05, 4.69) is 20.0 Å². The highest BCUT2D eigenvalue weighted by Crippen LogP contribution is 2.28. The summed E-state index contributed by atoms with van der Waals surface area (Å²) in [5, 5.41) is 2.95. The van der Waals surface area contributed by atoms with Gasteiger partial charge in [-0.25, -0.2) is 31.5 Å². The fourth-order valence-corrected chi connectivity index (χ4v) is 5.92. The zero-order chi connectivity index (χ0) is 27.3. The molecule has 0 aliphatic heterocycles. The van der Waals surface area contributed by atoms with Crippen LogP contribution < -0.4 is 14.3 Å². The fourth-order valence-electron chi connectivity index (χ4n) is 3.35. The van der Waals surface area contributed by atoms with Gasteiger partial charge >= 0.3 is 0 Å². The first-order valence-electron chi connectivity index (χ1n) is 11.1. The van der Waals surface area contributed by atoms with E-state index in [4.69, 9.17) is 11.6 Å². The van der Waals surface area contributed by atoms with Crippen molar-refractivity contribution in [3.05, 3.63) is 102 Å². The topological polar surface area (TPSA) is 138 Å². The lowest BCUT2D eigenvalue weighted by molar-refractivity contribution is -0.114. The van der Waals surface area contributed by atoms with Crippen molar-refractivity contribution in [2.75, 3.05) is 20.9 Å². The molecule has 0 bridgehead atoms. The van der Waals surface area contributed by atoms with Crippen LogP contribution in [0.1, 0.15) is 5.56 Å². The molecule has 1 aromatic heterocycles. The molecule has 4 aromatic rings. The van der Waals surface area contributed by atoms with Crippen molar-refractivity contribution in [2.45, 2.75) is 16.7 Å². The second-order valence-corrected chi connectivity index (χ2v) is 12.0. The molecule has 0 aliphatic rings. The Kier molecular flexibility index (Phi) is 7.95. The number of benzene rings is 3. The minimum absolute atomic E-state index is 0.00829. The predicted molar refractivity (Wildman–Crippen MR) is 145 cm³/mol. The predicted octanol–water partition coefficient (Wildman–Crippen LogP) is 4.07. The third-order valence-electron chi connectivity index (χ3n) is 5.30. The summed E-state index contributed by atoms with van der Waals surface area (Å²) < 4.78 is 55.2. The number of rotatable bonds is 9. The average Bonchev–Trinajstić information content (AvgIpc) is 2.90. The quantitative estimate of drug-likeness (QED) is 0.309. The van der Waals surface area contributed by atoms with Gasteiger partial charge < -0.3 is 5.32 Å². The van der Waals surface area contributed by atoms with E-state index in [-0.39, 0.29) is 27.1 Å². The standard InChI is InChI=1S/C25H22ClN5O5S2/c1-18-8-11-20(16-23(18)26)31(38(35,36)22-6-3-2-4-7-22)17-24(32)29-19-9-12-21(13-10-19)37(33,34)30-25-27-14-5-15-28-25/h2-16H,17H2,1H3,(H,29,32)(H,27,28,30). The Morgan fingerprint density at radius 1 is 0.868 bits per heavy atom. The fraction of sp³-hybridized carbons (Fsp3) is 0.0800. The minimum atomic E-state index is -4.11. The van der Waals surface area contributed by atoms with Crippen LogP contribution in [-0.2, 0) is 24.8 Å². The Bertz CT molecular complexity index is 1650. The zero-order valence-corrected chi connectivity index (χ0v) is 22.3. The van der Waals surface area contributed by atoms with Crippen LogP contribution in [0.3, 0.4) is 0 Å². The highest BCUT2D eigenvalue weighted by atomic mass is 35.5. The van der Waals surface area contributed by atoms with Crippen LogP contribution in [-0.4, -0.2) is 39.3 Å². The van der Waals surface area contributed by atoms with Gasteiger partial charge in [0.05, 0.1) is 15.5 Å². The molecule has 0 spiro atoms. The van der Waals surface area contributed by atoms with Crippen molar-refractivity contribution >= 4 is 54.9 Å². The van der Waals surface area contributed by atoms with E-state index >= 15 is 0 Å². The number of anilines is 3. The van der Waals surface area contributed by atoms with Gasteiger partial charge in [-0.3, -0.25) is 9.10 Å². The van der Waals surface area contributed by atoms with E-state index in [1.807, 2.05) is 0 Å². The summed E-state index contributed by atoms with van der Waals surface area (Å²) in [6, 6.07) is 19.3. The number of nitrogens with zero attached hydrogens (tertiary/aromatic N) is 3. The maximum absolute atomic E-state index is 13.4. The third kappa shape index (κ3) is 6.28. The van der Waals surface area contributed by atoms with E-state index in [0.29, 0.717) is 5.02 Å². The summed E-state index contributed by atoms with van der Waals surface area (Å²) in [6.45, 7) is 1.23. The first-order valence-corrected chi connectivity index (χ1v) is 14.4. The van der Waals surface area contributed by atoms with Crippen LogP contribution in [0.15, 0.2) is 101 Å². The molecular formula is C25H22ClN5O5S2.